The second-order valence-electron chi connectivity index (χ2n) is 8.31. The largest absolute Gasteiger partial charge is 0.447 e. The van der Waals surface area contributed by atoms with Crippen LogP contribution in [0.4, 0.5) is 4.79 Å². The van der Waals surface area contributed by atoms with E-state index in [0.29, 0.717) is 6.54 Å². The summed E-state index contributed by atoms with van der Waals surface area (Å²) >= 11 is 0. The molecule has 0 unspecified atom stereocenters. The predicted octanol–water partition coefficient (Wildman–Crippen LogP) is 6.07. The maximum Gasteiger partial charge on any atom is 0.410 e. The van der Waals surface area contributed by atoms with E-state index in [4.69, 9.17) is 4.74 Å². The second-order valence-corrected chi connectivity index (χ2v) is 8.31. The Morgan fingerprint density at radius 2 is 1.60 bits per heavy atom. The molecule has 0 saturated carbocycles. The Bertz CT molecular complexity index is 649. The average Bonchev–Trinajstić information content (AvgIpc) is 3.12. The first-order chi connectivity index (χ1) is 14.7. The molecule has 0 spiro atoms. The van der Waals surface area contributed by atoms with Gasteiger partial charge < -0.3 is 9.84 Å². The molecule has 1 aromatic carbocycles. The van der Waals surface area contributed by atoms with Crippen LogP contribution in [0.1, 0.15) is 89.5 Å². The number of hydrogen-bond donors (Lipinski definition) is 1. The quantitative estimate of drug-likeness (QED) is 0.297. The monoisotopic (exact) mass is 413 g/mol. The van der Waals surface area contributed by atoms with Gasteiger partial charge in [-0.2, -0.15) is 0 Å². The summed E-state index contributed by atoms with van der Waals surface area (Å²) in [6.45, 7) is 2.89. The summed E-state index contributed by atoms with van der Waals surface area (Å²) in [5, 5.41) is 10.4. The van der Waals surface area contributed by atoms with Crippen LogP contribution < -0.4 is 0 Å². The highest BCUT2D eigenvalue weighted by Gasteiger charge is 2.37. The molecule has 1 amide bonds. The van der Waals surface area contributed by atoms with E-state index >= 15 is 0 Å². The molecule has 4 heteroatoms. The summed E-state index contributed by atoms with van der Waals surface area (Å²) < 4.78 is 5.15. The first kappa shape index (κ1) is 24.3. The van der Waals surface area contributed by atoms with E-state index in [1.165, 1.54) is 64.2 Å². The number of hydrogen-bond acceptors (Lipinski definition) is 3. The van der Waals surface area contributed by atoms with Gasteiger partial charge in [-0.1, -0.05) is 107 Å². The standard InChI is InChI=1S/C26H39NO3/c1-2-3-4-5-6-7-8-9-10-11-12-13-17-20-25(28)24-22-30-26(29)27(24)21-23-18-15-14-16-19-23/h14-16,18-19,24-25,28H,2-13,21-22H2,1H3/t24-,25+/m0/s1. The van der Waals surface area contributed by atoms with Crippen LogP contribution >= 0.6 is 0 Å². The summed E-state index contributed by atoms with van der Waals surface area (Å²) in [6, 6.07) is 9.35. The number of aliphatic hydroxyl groups is 1. The van der Waals surface area contributed by atoms with Crippen molar-refractivity contribution in [3.63, 3.8) is 0 Å². The molecule has 2 rings (SSSR count). The van der Waals surface area contributed by atoms with E-state index in [2.05, 4.69) is 18.8 Å². The van der Waals surface area contributed by atoms with Crippen molar-refractivity contribution in [2.75, 3.05) is 6.61 Å². The van der Waals surface area contributed by atoms with Gasteiger partial charge in [0.05, 0.1) is 0 Å². The Labute approximate surface area is 183 Å². The summed E-state index contributed by atoms with van der Waals surface area (Å²) in [7, 11) is 0. The van der Waals surface area contributed by atoms with Crippen molar-refractivity contribution in [1.29, 1.82) is 0 Å². The van der Waals surface area contributed by atoms with Gasteiger partial charge in [-0.05, 0) is 12.0 Å². The first-order valence-corrected chi connectivity index (χ1v) is 11.9. The van der Waals surface area contributed by atoms with Crippen molar-refractivity contribution < 1.29 is 14.6 Å². The Kier molecular flexibility index (Phi) is 12.1. The molecular weight excluding hydrogens is 374 g/mol. The SMILES string of the molecule is CCCCCCCCCCCCCC#C[C@@H](O)[C@@H]1COC(=O)N1Cc1ccccc1. The molecule has 2 atom stereocenters. The molecule has 0 bridgehead atoms. The van der Waals surface area contributed by atoms with Gasteiger partial charge >= 0.3 is 6.09 Å². The molecule has 1 heterocycles. The number of carbonyl (C=O) groups is 1. The van der Waals surface area contributed by atoms with E-state index in [9.17, 15) is 9.90 Å². The van der Waals surface area contributed by atoms with Crippen LogP contribution in [0.25, 0.3) is 0 Å². The minimum atomic E-state index is -0.868. The van der Waals surface area contributed by atoms with Gasteiger partial charge in [0.2, 0.25) is 0 Å². The van der Waals surface area contributed by atoms with Crippen LogP contribution in [0, 0.1) is 11.8 Å². The average molecular weight is 414 g/mol. The lowest BCUT2D eigenvalue weighted by atomic mass is 10.1. The van der Waals surface area contributed by atoms with Crippen molar-refractivity contribution in [3.05, 3.63) is 35.9 Å². The van der Waals surface area contributed by atoms with Crippen LogP contribution in [-0.4, -0.2) is 34.9 Å². The smallest absolute Gasteiger partial charge is 0.410 e. The fourth-order valence-electron chi connectivity index (χ4n) is 3.84. The third-order valence-corrected chi connectivity index (χ3v) is 5.73. The summed E-state index contributed by atoms with van der Waals surface area (Å²) in [6.07, 6.45) is 14.0. The Balaban J connectivity index is 1.57. The number of benzene rings is 1. The molecule has 1 fully saturated rings. The van der Waals surface area contributed by atoms with Gasteiger partial charge in [0, 0.05) is 13.0 Å². The third kappa shape index (κ3) is 9.22. The zero-order valence-corrected chi connectivity index (χ0v) is 18.7. The molecule has 0 radical (unpaired) electrons. The summed E-state index contributed by atoms with van der Waals surface area (Å²) in [5.74, 6) is 6.03. The first-order valence-electron chi connectivity index (χ1n) is 11.9. The molecule has 1 saturated heterocycles. The molecule has 1 aliphatic heterocycles. The fourth-order valence-corrected chi connectivity index (χ4v) is 3.84. The molecule has 0 aliphatic carbocycles. The van der Waals surface area contributed by atoms with E-state index < -0.39 is 12.1 Å². The maximum absolute atomic E-state index is 12.0. The van der Waals surface area contributed by atoms with Crippen molar-refractivity contribution in [1.82, 2.24) is 4.90 Å². The van der Waals surface area contributed by atoms with Gasteiger partial charge in [0.15, 0.2) is 0 Å². The number of aliphatic hydroxyl groups excluding tert-OH is 1. The second kappa shape index (κ2) is 14.9. The molecular formula is C26H39NO3. The zero-order chi connectivity index (χ0) is 21.4. The van der Waals surface area contributed by atoms with E-state index in [1.807, 2.05) is 30.3 Å². The number of carbonyl (C=O) groups excluding carboxylic acids is 1. The highest BCUT2D eigenvalue weighted by atomic mass is 16.6. The molecule has 4 nitrogen and oxygen atoms in total. The molecule has 1 aliphatic rings. The van der Waals surface area contributed by atoms with Gasteiger partial charge in [0.1, 0.15) is 18.8 Å². The van der Waals surface area contributed by atoms with Crippen molar-refractivity contribution >= 4 is 6.09 Å². The van der Waals surface area contributed by atoms with Gasteiger partial charge in [-0.25, -0.2) is 4.79 Å². The lowest BCUT2D eigenvalue weighted by Gasteiger charge is -2.23. The molecule has 1 aromatic rings. The Morgan fingerprint density at radius 1 is 1.00 bits per heavy atom. The number of unbranched alkanes of at least 4 members (excludes halogenated alkanes) is 11. The van der Waals surface area contributed by atoms with Crippen molar-refractivity contribution in [2.45, 2.75) is 103 Å². The summed E-state index contributed by atoms with van der Waals surface area (Å²) in [5.41, 5.74) is 1.02. The van der Waals surface area contributed by atoms with E-state index in [0.717, 1.165) is 18.4 Å². The topological polar surface area (TPSA) is 49.8 Å². The maximum atomic E-state index is 12.0. The number of nitrogens with zero attached hydrogens (tertiary/aromatic N) is 1. The van der Waals surface area contributed by atoms with Crippen LogP contribution in [-0.2, 0) is 11.3 Å². The van der Waals surface area contributed by atoms with E-state index in [1.54, 1.807) is 4.90 Å². The number of amides is 1. The predicted molar refractivity (Wildman–Crippen MR) is 122 cm³/mol. The van der Waals surface area contributed by atoms with Crippen molar-refractivity contribution in [3.8, 4) is 11.8 Å². The van der Waals surface area contributed by atoms with Crippen LogP contribution in [0.3, 0.4) is 0 Å². The van der Waals surface area contributed by atoms with Crippen molar-refractivity contribution in [2.24, 2.45) is 0 Å². The number of rotatable bonds is 14. The minimum Gasteiger partial charge on any atom is -0.447 e. The fraction of sp³-hybridized carbons (Fsp3) is 0.654. The normalized spacial score (nSPS) is 16.8. The van der Waals surface area contributed by atoms with Crippen LogP contribution in [0.5, 0.6) is 0 Å². The number of ether oxygens (including phenoxy) is 1. The molecule has 30 heavy (non-hydrogen) atoms. The van der Waals surface area contributed by atoms with Gasteiger partial charge in [-0.15, -0.1) is 5.92 Å². The lowest BCUT2D eigenvalue weighted by Crippen LogP contribution is -2.41. The lowest BCUT2D eigenvalue weighted by molar-refractivity contribution is 0.124. The highest BCUT2D eigenvalue weighted by Crippen LogP contribution is 2.19. The third-order valence-electron chi connectivity index (χ3n) is 5.73. The van der Waals surface area contributed by atoms with Gasteiger partial charge in [-0.3, -0.25) is 4.90 Å². The number of cyclic esters (lactones) is 1. The summed E-state index contributed by atoms with van der Waals surface area (Å²) in [4.78, 5) is 13.6. The molecule has 0 aromatic heterocycles. The minimum absolute atomic E-state index is 0.194. The molecule has 1 N–H and O–H groups in total. The highest BCUT2D eigenvalue weighted by molar-refractivity contribution is 5.70. The van der Waals surface area contributed by atoms with Crippen LogP contribution in [0.15, 0.2) is 30.3 Å². The van der Waals surface area contributed by atoms with Crippen LogP contribution in [0.2, 0.25) is 0 Å². The Hall–Kier alpha value is -1.99. The molecule has 166 valence electrons. The van der Waals surface area contributed by atoms with Gasteiger partial charge in [0.25, 0.3) is 0 Å². The Morgan fingerprint density at radius 3 is 2.23 bits per heavy atom. The zero-order valence-electron chi connectivity index (χ0n) is 18.7. The van der Waals surface area contributed by atoms with E-state index in [-0.39, 0.29) is 12.7 Å².